The minimum absolute atomic E-state index is 0.0418. The first-order valence-electron chi connectivity index (χ1n) is 8.75. The van der Waals surface area contributed by atoms with Crippen LogP contribution in [-0.2, 0) is 9.47 Å². The van der Waals surface area contributed by atoms with Crippen molar-refractivity contribution in [2.45, 2.75) is 18.6 Å². The fraction of sp³-hybridized carbons (Fsp3) is 0.389. The molecule has 148 valence electrons. The van der Waals surface area contributed by atoms with E-state index in [0.29, 0.717) is 39.1 Å². The van der Waals surface area contributed by atoms with Gasteiger partial charge in [-0.1, -0.05) is 0 Å². The molecular formula is C18H17F2N3O4S. The molecule has 0 bridgehead atoms. The van der Waals surface area contributed by atoms with Crippen LogP contribution in [0.25, 0.3) is 0 Å². The van der Waals surface area contributed by atoms with Gasteiger partial charge < -0.3 is 14.4 Å². The number of aromatic nitrogens is 1. The molecule has 0 saturated carbocycles. The minimum Gasteiger partial charge on any atom is -0.347 e. The van der Waals surface area contributed by atoms with Crippen LogP contribution in [0.2, 0.25) is 0 Å². The van der Waals surface area contributed by atoms with E-state index in [1.165, 1.54) is 6.07 Å². The molecule has 10 heteroatoms. The normalized spacial score (nSPS) is 18.4. The fourth-order valence-corrected chi connectivity index (χ4v) is 3.91. The predicted octanol–water partition coefficient (Wildman–Crippen LogP) is 2.65. The smallest absolute Gasteiger partial charge is 0.273 e. The molecule has 0 radical (unpaired) electrons. The molecule has 1 spiro atoms. The molecule has 2 aliphatic heterocycles. The van der Waals surface area contributed by atoms with Gasteiger partial charge >= 0.3 is 0 Å². The van der Waals surface area contributed by atoms with Crippen molar-refractivity contribution in [3.05, 3.63) is 46.5 Å². The molecule has 2 aliphatic rings. The van der Waals surface area contributed by atoms with Crippen LogP contribution in [0.5, 0.6) is 0 Å². The summed E-state index contributed by atoms with van der Waals surface area (Å²) in [5.41, 5.74) is 0.176. The average Bonchev–Trinajstić information content (AvgIpc) is 3.34. The van der Waals surface area contributed by atoms with Gasteiger partial charge in [0.25, 0.3) is 11.8 Å². The van der Waals surface area contributed by atoms with Gasteiger partial charge in [0, 0.05) is 36.9 Å². The first-order valence-corrected chi connectivity index (χ1v) is 9.63. The summed E-state index contributed by atoms with van der Waals surface area (Å²) in [6, 6.07) is 2.85. The molecule has 0 unspecified atom stereocenters. The van der Waals surface area contributed by atoms with Gasteiger partial charge in [-0.3, -0.25) is 14.9 Å². The second kappa shape index (κ2) is 7.53. The Bertz CT molecular complexity index is 904. The number of benzene rings is 1. The minimum atomic E-state index is -1.11. The number of halogens is 2. The molecule has 7 nitrogen and oxygen atoms in total. The van der Waals surface area contributed by atoms with Crippen LogP contribution in [0, 0.1) is 11.6 Å². The first kappa shape index (κ1) is 18.9. The molecule has 2 amide bonds. The van der Waals surface area contributed by atoms with Gasteiger partial charge in [0.2, 0.25) is 0 Å². The summed E-state index contributed by atoms with van der Waals surface area (Å²) in [4.78, 5) is 30.6. The Kier molecular flexibility index (Phi) is 5.09. The van der Waals surface area contributed by atoms with Crippen LogP contribution in [0.1, 0.15) is 33.7 Å². The van der Waals surface area contributed by atoms with Gasteiger partial charge in [0.1, 0.15) is 5.69 Å². The molecule has 2 saturated heterocycles. The maximum Gasteiger partial charge on any atom is 0.273 e. The van der Waals surface area contributed by atoms with Crippen molar-refractivity contribution in [3.8, 4) is 0 Å². The zero-order chi connectivity index (χ0) is 19.7. The third kappa shape index (κ3) is 3.75. The van der Waals surface area contributed by atoms with Crippen molar-refractivity contribution in [2.75, 3.05) is 31.6 Å². The van der Waals surface area contributed by atoms with Gasteiger partial charge in [-0.05, 0) is 18.2 Å². The van der Waals surface area contributed by atoms with Gasteiger partial charge in [-0.2, -0.15) is 0 Å². The molecule has 2 aromatic rings. The molecule has 3 heterocycles. The summed E-state index contributed by atoms with van der Waals surface area (Å²) in [5.74, 6) is -3.58. The highest BCUT2D eigenvalue weighted by Gasteiger charge is 2.41. The number of anilines is 1. The van der Waals surface area contributed by atoms with E-state index in [4.69, 9.17) is 9.47 Å². The quantitative estimate of drug-likeness (QED) is 0.843. The topological polar surface area (TPSA) is 80.8 Å². The lowest BCUT2D eigenvalue weighted by Gasteiger charge is -2.37. The van der Waals surface area contributed by atoms with Crippen LogP contribution in [0.15, 0.2) is 23.6 Å². The van der Waals surface area contributed by atoms with E-state index >= 15 is 0 Å². The van der Waals surface area contributed by atoms with Crippen molar-refractivity contribution < 1.29 is 27.8 Å². The Morgan fingerprint density at radius 2 is 1.86 bits per heavy atom. The van der Waals surface area contributed by atoms with Crippen LogP contribution < -0.4 is 5.32 Å². The van der Waals surface area contributed by atoms with Gasteiger partial charge in [-0.15, -0.1) is 11.3 Å². The Morgan fingerprint density at radius 1 is 1.14 bits per heavy atom. The summed E-state index contributed by atoms with van der Waals surface area (Å²) in [7, 11) is 0. The van der Waals surface area contributed by atoms with Crippen LogP contribution >= 0.6 is 11.3 Å². The van der Waals surface area contributed by atoms with Crippen LogP contribution in [-0.4, -0.2) is 53.8 Å². The number of amides is 2. The molecule has 0 atom stereocenters. The van der Waals surface area contributed by atoms with Crippen molar-refractivity contribution >= 4 is 28.3 Å². The Morgan fingerprint density at radius 3 is 2.54 bits per heavy atom. The molecule has 2 fully saturated rings. The number of thiazole rings is 1. The maximum atomic E-state index is 13.3. The van der Waals surface area contributed by atoms with Crippen LogP contribution in [0.4, 0.5) is 13.9 Å². The third-order valence-electron chi connectivity index (χ3n) is 4.75. The largest absolute Gasteiger partial charge is 0.347 e. The van der Waals surface area contributed by atoms with E-state index in [-0.39, 0.29) is 22.3 Å². The highest BCUT2D eigenvalue weighted by molar-refractivity contribution is 7.14. The second-order valence-electron chi connectivity index (χ2n) is 6.52. The van der Waals surface area contributed by atoms with Gasteiger partial charge in [-0.25, -0.2) is 13.8 Å². The zero-order valence-corrected chi connectivity index (χ0v) is 15.6. The number of nitrogens with one attached hydrogen (secondary N) is 1. The number of ether oxygens (including phenoxy) is 2. The number of piperidine rings is 1. The lowest BCUT2D eigenvalue weighted by molar-refractivity contribution is -0.181. The first-order chi connectivity index (χ1) is 13.5. The summed E-state index contributed by atoms with van der Waals surface area (Å²) in [6.45, 7) is 2.13. The van der Waals surface area contributed by atoms with Crippen LogP contribution in [0.3, 0.4) is 0 Å². The summed E-state index contributed by atoms with van der Waals surface area (Å²) in [6.07, 6.45) is 1.20. The monoisotopic (exact) mass is 409 g/mol. The standard InChI is InChI=1S/C18H17F2N3O4S/c19-12-2-1-11(9-13(12)20)15(24)22-17-21-14(10-28-17)16(25)23-5-3-18(4-6-23)26-7-8-27-18/h1-2,9-10H,3-8H2,(H,21,22,24). The molecular weight excluding hydrogens is 392 g/mol. The maximum absolute atomic E-state index is 13.3. The van der Waals surface area contributed by atoms with Crippen molar-refractivity contribution in [3.63, 3.8) is 0 Å². The summed E-state index contributed by atoms with van der Waals surface area (Å²) >= 11 is 1.08. The van der Waals surface area contributed by atoms with E-state index in [1.54, 1.807) is 10.3 Å². The summed E-state index contributed by atoms with van der Waals surface area (Å²) in [5, 5.41) is 4.25. The Labute approximate surface area is 163 Å². The Balaban J connectivity index is 1.38. The summed E-state index contributed by atoms with van der Waals surface area (Å²) < 4.78 is 37.5. The average molecular weight is 409 g/mol. The molecule has 1 aromatic heterocycles. The number of likely N-dealkylation sites (tertiary alicyclic amines) is 1. The van der Waals surface area contributed by atoms with Gasteiger partial charge in [0.15, 0.2) is 22.6 Å². The second-order valence-corrected chi connectivity index (χ2v) is 7.38. The molecule has 4 rings (SSSR count). The highest BCUT2D eigenvalue weighted by Crippen LogP contribution is 2.32. The fourth-order valence-electron chi connectivity index (χ4n) is 3.23. The SMILES string of the molecule is O=C(Nc1nc(C(=O)N2CCC3(CC2)OCCO3)cs1)c1ccc(F)c(F)c1. The van der Waals surface area contributed by atoms with Crippen molar-refractivity contribution in [2.24, 2.45) is 0 Å². The van der Waals surface area contributed by atoms with Crippen molar-refractivity contribution in [1.29, 1.82) is 0 Å². The Hall–Kier alpha value is -2.43. The molecule has 0 aliphatic carbocycles. The lowest BCUT2D eigenvalue weighted by Crippen LogP contribution is -2.47. The predicted molar refractivity (Wildman–Crippen MR) is 96.2 cm³/mol. The number of nitrogens with zero attached hydrogens (tertiary/aromatic N) is 2. The van der Waals surface area contributed by atoms with E-state index in [0.717, 1.165) is 23.5 Å². The number of rotatable bonds is 3. The third-order valence-corrected chi connectivity index (χ3v) is 5.51. The lowest BCUT2D eigenvalue weighted by atomic mass is 10.0. The zero-order valence-electron chi connectivity index (χ0n) is 14.7. The number of hydrogen-bond donors (Lipinski definition) is 1. The highest BCUT2D eigenvalue weighted by atomic mass is 32.1. The molecule has 1 N–H and O–H groups in total. The number of hydrogen-bond acceptors (Lipinski definition) is 6. The number of carbonyl (C=O) groups excluding carboxylic acids is 2. The van der Waals surface area contributed by atoms with E-state index in [1.807, 2.05) is 0 Å². The van der Waals surface area contributed by atoms with E-state index < -0.39 is 23.3 Å². The van der Waals surface area contributed by atoms with E-state index in [9.17, 15) is 18.4 Å². The van der Waals surface area contributed by atoms with Crippen molar-refractivity contribution in [1.82, 2.24) is 9.88 Å². The molecule has 28 heavy (non-hydrogen) atoms. The van der Waals surface area contributed by atoms with E-state index in [2.05, 4.69) is 10.3 Å². The molecule has 1 aromatic carbocycles. The number of carbonyl (C=O) groups is 2. The van der Waals surface area contributed by atoms with Gasteiger partial charge in [0.05, 0.1) is 13.2 Å².